The lowest BCUT2D eigenvalue weighted by Gasteiger charge is -2.34. The van der Waals surface area contributed by atoms with Crippen LogP contribution in [-0.4, -0.2) is 54.1 Å². The lowest BCUT2D eigenvalue weighted by Crippen LogP contribution is -2.41. The van der Waals surface area contributed by atoms with Crippen LogP contribution >= 0.6 is 0 Å². The molecule has 1 saturated carbocycles. The first-order valence-corrected chi connectivity index (χ1v) is 13.3. The highest BCUT2D eigenvalue weighted by molar-refractivity contribution is 7.90. The van der Waals surface area contributed by atoms with Gasteiger partial charge in [-0.25, -0.2) is 13.2 Å². The van der Waals surface area contributed by atoms with Crippen LogP contribution in [0.5, 0.6) is 5.75 Å². The summed E-state index contributed by atoms with van der Waals surface area (Å²) in [5.41, 5.74) is 3.31. The smallest absolute Gasteiger partial charge is 0.412 e. The van der Waals surface area contributed by atoms with E-state index in [4.69, 9.17) is 4.74 Å². The highest BCUT2D eigenvalue weighted by Gasteiger charge is 2.32. The Balaban J connectivity index is 1.70. The van der Waals surface area contributed by atoms with Gasteiger partial charge in [0.25, 0.3) is 0 Å². The number of aromatic nitrogens is 2. The number of carbonyl (C=O) groups is 1. The highest BCUT2D eigenvalue weighted by atomic mass is 32.2. The fraction of sp³-hybridized carbons (Fsp3) is 0.565. The maximum Gasteiger partial charge on any atom is 0.412 e. The first-order chi connectivity index (χ1) is 15.2. The number of ether oxygens (including phenoxy) is 1. The van der Waals surface area contributed by atoms with E-state index in [0.29, 0.717) is 18.2 Å². The van der Waals surface area contributed by atoms with Crippen LogP contribution in [0.25, 0.3) is 11.1 Å². The van der Waals surface area contributed by atoms with Crippen LogP contribution in [0.2, 0.25) is 0 Å². The standard InChI is InChI=1S/C23H31N3O5S/c1-16-7-8-20-21(26(16)23(27)28)10-9-19(22(20)31-15-17-5-3-4-6-17)18-13-24-25(14-18)11-12-32(2,29)30/h9-10,13-14,16-17H,3-8,11-12,15H2,1-2H3,(H,27,28)/t16-/m0/s1. The molecular formula is C23H31N3O5S. The molecule has 0 bridgehead atoms. The van der Waals surface area contributed by atoms with Crippen molar-refractivity contribution in [3.63, 3.8) is 0 Å². The molecular weight excluding hydrogens is 430 g/mol. The molecule has 1 aromatic heterocycles. The maximum atomic E-state index is 11.9. The lowest BCUT2D eigenvalue weighted by atomic mass is 9.92. The average molecular weight is 462 g/mol. The first kappa shape index (κ1) is 22.6. The molecule has 8 nitrogen and oxygen atoms in total. The number of anilines is 1. The number of rotatable bonds is 7. The first-order valence-electron chi connectivity index (χ1n) is 11.2. The second kappa shape index (κ2) is 9.13. The van der Waals surface area contributed by atoms with Crippen molar-refractivity contribution < 1.29 is 23.1 Å². The number of aryl methyl sites for hydroxylation is 1. The van der Waals surface area contributed by atoms with Crippen LogP contribution in [0.15, 0.2) is 24.5 Å². The molecule has 2 aliphatic rings. The third-order valence-corrected chi connectivity index (χ3v) is 7.45. The molecule has 1 amide bonds. The minimum atomic E-state index is -3.08. The van der Waals surface area contributed by atoms with Gasteiger partial charge in [0.2, 0.25) is 0 Å². The Morgan fingerprint density at radius 1 is 1.25 bits per heavy atom. The minimum absolute atomic E-state index is 0.0226. The summed E-state index contributed by atoms with van der Waals surface area (Å²) in [4.78, 5) is 13.4. The molecule has 32 heavy (non-hydrogen) atoms. The molecule has 1 aliphatic heterocycles. The number of fused-ring (bicyclic) bond motifs is 1. The Morgan fingerprint density at radius 3 is 2.69 bits per heavy atom. The van der Waals surface area contributed by atoms with Crippen molar-refractivity contribution in [2.24, 2.45) is 5.92 Å². The van der Waals surface area contributed by atoms with Gasteiger partial charge >= 0.3 is 6.09 Å². The van der Waals surface area contributed by atoms with E-state index in [2.05, 4.69) is 5.10 Å². The molecule has 9 heteroatoms. The van der Waals surface area contributed by atoms with E-state index in [9.17, 15) is 18.3 Å². The van der Waals surface area contributed by atoms with Crippen molar-refractivity contribution in [2.75, 3.05) is 23.5 Å². The summed E-state index contributed by atoms with van der Waals surface area (Å²) < 4.78 is 31.0. The van der Waals surface area contributed by atoms with E-state index in [0.717, 1.165) is 48.1 Å². The largest absolute Gasteiger partial charge is 0.492 e. The maximum absolute atomic E-state index is 11.9. The fourth-order valence-electron chi connectivity index (χ4n) is 4.75. The summed E-state index contributed by atoms with van der Waals surface area (Å²) in [7, 11) is -3.08. The number of hydrogen-bond donors (Lipinski definition) is 1. The molecule has 174 valence electrons. The van der Waals surface area contributed by atoms with Gasteiger partial charge < -0.3 is 9.84 Å². The van der Waals surface area contributed by atoms with E-state index in [1.54, 1.807) is 10.9 Å². The van der Waals surface area contributed by atoms with Gasteiger partial charge in [-0.05, 0) is 50.7 Å². The molecule has 1 aliphatic carbocycles. The topological polar surface area (TPSA) is 102 Å². The second-order valence-corrected chi connectivity index (χ2v) is 11.3. The number of amides is 1. The Labute approximate surface area is 189 Å². The fourth-order valence-corrected chi connectivity index (χ4v) is 5.27. The Bertz CT molecular complexity index is 1090. The van der Waals surface area contributed by atoms with Gasteiger partial charge in [0.15, 0.2) is 0 Å². The molecule has 4 rings (SSSR count). The highest BCUT2D eigenvalue weighted by Crippen LogP contribution is 2.43. The molecule has 0 unspecified atom stereocenters. The van der Waals surface area contributed by atoms with Crippen molar-refractivity contribution in [3.05, 3.63) is 30.1 Å². The monoisotopic (exact) mass is 461 g/mol. The summed E-state index contributed by atoms with van der Waals surface area (Å²) in [5, 5.41) is 14.1. The van der Waals surface area contributed by atoms with Crippen LogP contribution in [0.4, 0.5) is 10.5 Å². The van der Waals surface area contributed by atoms with Crippen LogP contribution in [0, 0.1) is 5.92 Å². The van der Waals surface area contributed by atoms with Crippen molar-refractivity contribution in [1.29, 1.82) is 0 Å². The van der Waals surface area contributed by atoms with Gasteiger partial charge in [-0.3, -0.25) is 9.58 Å². The lowest BCUT2D eigenvalue weighted by molar-refractivity contribution is 0.198. The Hall–Kier alpha value is -2.55. The van der Waals surface area contributed by atoms with E-state index < -0.39 is 15.9 Å². The van der Waals surface area contributed by atoms with Gasteiger partial charge in [0, 0.05) is 35.2 Å². The number of nitrogens with zero attached hydrogens (tertiary/aromatic N) is 3. The van der Waals surface area contributed by atoms with Crippen molar-refractivity contribution >= 4 is 21.6 Å². The van der Waals surface area contributed by atoms with Crippen LogP contribution in [0.3, 0.4) is 0 Å². The van der Waals surface area contributed by atoms with E-state index >= 15 is 0 Å². The summed E-state index contributed by atoms with van der Waals surface area (Å²) in [6.07, 6.45) is 10.1. The molecule has 0 saturated heterocycles. The molecule has 0 spiro atoms. The summed E-state index contributed by atoms with van der Waals surface area (Å²) >= 11 is 0. The number of hydrogen-bond acceptors (Lipinski definition) is 5. The normalized spacial score (nSPS) is 19.2. The summed E-state index contributed by atoms with van der Waals surface area (Å²) in [6, 6.07) is 3.66. The molecule has 2 aromatic rings. The third kappa shape index (κ3) is 4.92. The zero-order valence-electron chi connectivity index (χ0n) is 18.7. The van der Waals surface area contributed by atoms with E-state index in [-0.39, 0.29) is 18.3 Å². The zero-order chi connectivity index (χ0) is 22.9. The molecule has 0 radical (unpaired) electrons. The van der Waals surface area contributed by atoms with Crippen molar-refractivity contribution in [3.8, 4) is 16.9 Å². The summed E-state index contributed by atoms with van der Waals surface area (Å²) in [5.74, 6) is 1.28. The van der Waals surface area contributed by atoms with Crippen molar-refractivity contribution in [1.82, 2.24) is 9.78 Å². The quantitative estimate of drug-likeness (QED) is 0.669. The van der Waals surface area contributed by atoms with Crippen LogP contribution < -0.4 is 9.64 Å². The summed E-state index contributed by atoms with van der Waals surface area (Å²) in [6.45, 7) is 2.83. The molecule has 2 heterocycles. The Morgan fingerprint density at radius 2 is 2.00 bits per heavy atom. The number of benzene rings is 1. The zero-order valence-corrected chi connectivity index (χ0v) is 19.5. The average Bonchev–Trinajstić information content (AvgIpc) is 3.41. The predicted octanol–water partition coefficient (Wildman–Crippen LogP) is 3.98. The van der Waals surface area contributed by atoms with Crippen LogP contribution in [-0.2, 0) is 22.8 Å². The van der Waals surface area contributed by atoms with Gasteiger partial charge in [0.1, 0.15) is 15.6 Å². The Kier molecular flexibility index (Phi) is 6.46. The third-order valence-electron chi connectivity index (χ3n) is 6.53. The second-order valence-electron chi connectivity index (χ2n) is 9.06. The van der Waals surface area contributed by atoms with Gasteiger partial charge in [-0.2, -0.15) is 5.10 Å². The van der Waals surface area contributed by atoms with Gasteiger partial charge in [-0.1, -0.05) is 12.8 Å². The van der Waals surface area contributed by atoms with Crippen molar-refractivity contribution in [2.45, 2.75) is 58.0 Å². The van der Waals surface area contributed by atoms with E-state index in [1.165, 1.54) is 24.0 Å². The SMILES string of the molecule is C[C@H]1CCc2c(ccc(-c3cnn(CCS(C)(=O)=O)c3)c2OCC2CCCC2)N1C(=O)O. The number of sulfone groups is 1. The molecule has 1 N–H and O–H groups in total. The van der Waals surface area contributed by atoms with Gasteiger partial charge in [-0.15, -0.1) is 0 Å². The van der Waals surface area contributed by atoms with Gasteiger partial charge in [0.05, 0.1) is 30.8 Å². The molecule has 1 fully saturated rings. The minimum Gasteiger partial charge on any atom is -0.492 e. The predicted molar refractivity (Wildman–Crippen MR) is 123 cm³/mol. The number of carboxylic acid groups (broad SMARTS) is 1. The van der Waals surface area contributed by atoms with E-state index in [1.807, 2.05) is 25.3 Å². The molecule has 1 aromatic carbocycles. The molecule has 1 atom stereocenters. The van der Waals surface area contributed by atoms with Crippen LogP contribution in [0.1, 0.15) is 44.6 Å².